The fourth-order valence-electron chi connectivity index (χ4n) is 2.98. The van der Waals surface area contributed by atoms with Crippen LogP contribution in [0.15, 0.2) is 79.0 Å². The first-order valence-electron chi connectivity index (χ1n) is 8.79. The van der Waals surface area contributed by atoms with E-state index in [0.717, 1.165) is 29.3 Å². The summed E-state index contributed by atoms with van der Waals surface area (Å²) < 4.78 is 2.13. The van der Waals surface area contributed by atoms with E-state index in [1.807, 2.05) is 24.3 Å². The Labute approximate surface area is 153 Å². The van der Waals surface area contributed by atoms with Gasteiger partial charge in [0.25, 0.3) is 0 Å². The minimum Gasteiger partial charge on any atom is -0.365 e. The van der Waals surface area contributed by atoms with Crippen molar-refractivity contribution in [1.82, 2.24) is 9.38 Å². The zero-order valence-corrected chi connectivity index (χ0v) is 14.8. The van der Waals surface area contributed by atoms with Gasteiger partial charge in [-0.05, 0) is 35.8 Å². The molecule has 26 heavy (non-hydrogen) atoms. The van der Waals surface area contributed by atoms with Crippen molar-refractivity contribution in [2.45, 2.75) is 13.5 Å². The molecular weight excluding hydrogens is 318 g/mol. The van der Waals surface area contributed by atoms with Crippen molar-refractivity contribution in [1.29, 1.82) is 0 Å². The molecule has 0 amide bonds. The molecule has 0 radical (unpaired) electrons. The van der Waals surface area contributed by atoms with Gasteiger partial charge >= 0.3 is 0 Å². The van der Waals surface area contributed by atoms with Gasteiger partial charge in [0.2, 0.25) is 0 Å². The maximum Gasteiger partial charge on any atom is 0.139 e. The van der Waals surface area contributed by atoms with Crippen molar-refractivity contribution < 1.29 is 0 Å². The number of nitrogens with one attached hydrogen (secondary N) is 1. The lowest BCUT2D eigenvalue weighted by Gasteiger charge is -2.08. The molecule has 128 valence electrons. The third kappa shape index (κ3) is 3.52. The van der Waals surface area contributed by atoms with Crippen LogP contribution in [-0.4, -0.2) is 9.38 Å². The highest BCUT2D eigenvalue weighted by molar-refractivity contribution is 5.76. The summed E-state index contributed by atoms with van der Waals surface area (Å²) >= 11 is 0. The van der Waals surface area contributed by atoms with E-state index >= 15 is 0 Å². The highest BCUT2D eigenvalue weighted by Crippen LogP contribution is 2.22. The third-order valence-electron chi connectivity index (χ3n) is 4.33. The average Bonchev–Trinajstić information content (AvgIpc) is 3.03. The van der Waals surface area contributed by atoms with E-state index in [1.54, 1.807) is 0 Å². The van der Waals surface area contributed by atoms with Gasteiger partial charge in [0.05, 0.1) is 0 Å². The highest BCUT2D eigenvalue weighted by Gasteiger charge is 2.10. The Bertz CT molecular complexity index is 1030. The van der Waals surface area contributed by atoms with Crippen LogP contribution in [0.2, 0.25) is 0 Å². The Morgan fingerprint density at radius 3 is 2.38 bits per heavy atom. The minimum absolute atomic E-state index is 0.759. The van der Waals surface area contributed by atoms with Crippen LogP contribution in [0, 0.1) is 6.92 Å². The van der Waals surface area contributed by atoms with Crippen LogP contribution in [0.1, 0.15) is 22.4 Å². The summed E-state index contributed by atoms with van der Waals surface area (Å²) in [7, 11) is 0. The van der Waals surface area contributed by atoms with Crippen LogP contribution >= 0.6 is 0 Å². The van der Waals surface area contributed by atoms with Gasteiger partial charge in [-0.15, -0.1) is 0 Å². The quantitative estimate of drug-likeness (QED) is 0.526. The highest BCUT2D eigenvalue weighted by atomic mass is 15.1. The van der Waals surface area contributed by atoms with E-state index in [2.05, 4.69) is 83.5 Å². The number of rotatable bonds is 5. The number of anilines is 1. The normalized spacial score (nSPS) is 11.3. The largest absolute Gasteiger partial charge is 0.365 e. The van der Waals surface area contributed by atoms with E-state index in [4.69, 9.17) is 4.98 Å². The molecule has 2 aromatic carbocycles. The molecule has 0 aliphatic carbocycles. The van der Waals surface area contributed by atoms with Crippen LogP contribution in [0.4, 0.5) is 5.82 Å². The fourth-order valence-corrected chi connectivity index (χ4v) is 2.98. The second kappa shape index (κ2) is 7.28. The lowest BCUT2D eigenvalue weighted by atomic mass is 10.2. The number of pyridine rings is 1. The van der Waals surface area contributed by atoms with Gasteiger partial charge in [-0.2, -0.15) is 0 Å². The fraction of sp³-hybridized carbons (Fsp3) is 0.0870. The first-order chi connectivity index (χ1) is 12.8. The maximum absolute atomic E-state index is 4.79. The summed E-state index contributed by atoms with van der Waals surface area (Å²) in [5.74, 6) is 1.01. The standard InChI is InChI=1S/C23H21N3/c1-18-12-15-22-25-21(14-13-19-8-4-2-5-9-19)23(26(22)17-18)24-16-20-10-6-3-7-11-20/h2-15,17,24H,16H2,1H3. The SMILES string of the molecule is Cc1ccc2nc(C=Cc3ccccc3)c(NCc3ccccc3)n2c1. The number of hydrogen-bond acceptors (Lipinski definition) is 2. The van der Waals surface area contributed by atoms with Crippen molar-refractivity contribution in [2.24, 2.45) is 0 Å². The van der Waals surface area contributed by atoms with Crippen LogP contribution < -0.4 is 5.32 Å². The molecule has 2 aromatic heterocycles. The van der Waals surface area contributed by atoms with E-state index in [-0.39, 0.29) is 0 Å². The van der Waals surface area contributed by atoms with Gasteiger partial charge in [0.15, 0.2) is 0 Å². The third-order valence-corrected chi connectivity index (χ3v) is 4.33. The predicted molar refractivity (Wildman–Crippen MR) is 109 cm³/mol. The second-order valence-corrected chi connectivity index (χ2v) is 6.36. The summed E-state index contributed by atoms with van der Waals surface area (Å²) in [6.07, 6.45) is 6.29. The van der Waals surface area contributed by atoms with Crippen molar-refractivity contribution >= 4 is 23.6 Å². The summed E-state index contributed by atoms with van der Waals surface area (Å²) in [5.41, 5.74) is 5.49. The van der Waals surface area contributed by atoms with Gasteiger partial charge in [-0.3, -0.25) is 4.40 Å². The lowest BCUT2D eigenvalue weighted by molar-refractivity contribution is 1.07. The van der Waals surface area contributed by atoms with Gasteiger partial charge in [-0.1, -0.05) is 72.8 Å². The molecule has 4 aromatic rings. The predicted octanol–water partition coefficient (Wildman–Crippen LogP) is 5.43. The molecular formula is C23H21N3. The average molecular weight is 339 g/mol. The molecule has 0 spiro atoms. The number of imidazole rings is 1. The first kappa shape index (κ1) is 16.2. The zero-order chi connectivity index (χ0) is 17.8. The van der Waals surface area contributed by atoms with E-state index < -0.39 is 0 Å². The van der Waals surface area contributed by atoms with Crippen LogP contribution in [0.25, 0.3) is 17.8 Å². The minimum atomic E-state index is 0.759. The van der Waals surface area contributed by atoms with Crippen molar-refractivity contribution in [3.8, 4) is 0 Å². The number of aryl methyl sites for hydroxylation is 1. The summed E-state index contributed by atoms with van der Waals surface area (Å²) in [6, 6.07) is 24.9. The molecule has 3 nitrogen and oxygen atoms in total. The van der Waals surface area contributed by atoms with Gasteiger partial charge in [0.1, 0.15) is 17.2 Å². The van der Waals surface area contributed by atoms with Gasteiger partial charge in [-0.25, -0.2) is 4.98 Å². The molecule has 1 N–H and O–H groups in total. The van der Waals surface area contributed by atoms with Gasteiger partial charge < -0.3 is 5.32 Å². The van der Waals surface area contributed by atoms with Gasteiger partial charge in [0, 0.05) is 12.7 Å². The molecule has 0 saturated carbocycles. The monoisotopic (exact) mass is 339 g/mol. The second-order valence-electron chi connectivity index (χ2n) is 6.36. The smallest absolute Gasteiger partial charge is 0.139 e. The Morgan fingerprint density at radius 1 is 0.885 bits per heavy atom. The van der Waals surface area contributed by atoms with Crippen LogP contribution in [0.5, 0.6) is 0 Å². The number of benzene rings is 2. The van der Waals surface area contributed by atoms with Crippen molar-refractivity contribution in [3.05, 3.63) is 101 Å². The molecule has 2 heterocycles. The molecule has 0 aliphatic heterocycles. The van der Waals surface area contributed by atoms with E-state index in [1.165, 1.54) is 11.1 Å². The Balaban J connectivity index is 1.70. The topological polar surface area (TPSA) is 29.3 Å². The molecule has 0 bridgehead atoms. The Morgan fingerprint density at radius 2 is 1.62 bits per heavy atom. The van der Waals surface area contributed by atoms with E-state index in [0.29, 0.717) is 0 Å². The van der Waals surface area contributed by atoms with Crippen molar-refractivity contribution in [3.63, 3.8) is 0 Å². The Hall–Kier alpha value is -3.33. The zero-order valence-electron chi connectivity index (χ0n) is 14.8. The summed E-state index contributed by atoms with van der Waals surface area (Å²) in [5, 5.41) is 3.57. The molecule has 0 unspecified atom stereocenters. The number of aromatic nitrogens is 2. The van der Waals surface area contributed by atoms with Crippen molar-refractivity contribution in [2.75, 3.05) is 5.32 Å². The molecule has 0 aliphatic rings. The summed E-state index contributed by atoms with van der Waals surface area (Å²) in [6.45, 7) is 2.86. The molecule has 0 saturated heterocycles. The maximum atomic E-state index is 4.79. The molecule has 4 rings (SSSR count). The number of fused-ring (bicyclic) bond motifs is 1. The molecule has 0 atom stereocenters. The van der Waals surface area contributed by atoms with Crippen LogP contribution in [0.3, 0.4) is 0 Å². The number of nitrogens with zero attached hydrogens (tertiary/aromatic N) is 2. The van der Waals surface area contributed by atoms with E-state index in [9.17, 15) is 0 Å². The molecule has 3 heteroatoms. The first-order valence-corrected chi connectivity index (χ1v) is 8.79. The number of hydrogen-bond donors (Lipinski definition) is 1. The summed E-state index contributed by atoms with van der Waals surface area (Å²) in [4.78, 5) is 4.79. The lowest BCUT2D eigenvalue weighted by Crippen LogP contribution is -2.03. The Kier molecular flexibility index (Phi) is 4.52. The van der Waals surface area contributed by atoms with Crippen LogP contribution in [-0.2, 0) is 6.54 Å². The molecule has 0 fully saturated rings.